The molecule has 4 aliphatic rings. The summed E-state index contributed by atoms with van der Waals surface area (Å²) in [6.45, 7) is 7.68. The molecule has 0 radical (unpaired) electrons. The molecule has 4 amide bonds. The number of rotatable bonds is 6. The molecule has 4 heterocycles. The predicted molar refractivity (Wildman–Crippen MR) is 178 cm³/mol. The zero-order valence-electron chi connectivity index (χ0n) is 27.7. The number of fused-ring (bicyclic) bond motifs is 1. The van der Waals surface area contributed by atoms with E-state index in [1.807, 2.05) is 55.1 Å². The number of urea groups is 1. The van der Waals surface area contributed by atoms with Crippen LogP contribution in [0.25, 0.3) is 0 Å². The van der Waals surface area contributed by atoms with E-state index in [1.165, 1.54) is 0 Å². The number of quaternary nitrogens is 1. The van der Waals surface area contributed by atoms with Crippen LogP contribution in [0.3, 0.4) is 0 Å². The molecule has 6 rings (SSSR count). The lowest BCUT2D eigenvalue weighted by Gasteiger charge is -2.48. The number of hydrogen-bond acceptors (Lipinski definition) is 7. The van der Waals surface area contributed by atoms with E-state index in [-0.39, 0.29) is 40.7 Å². The predicted octanol–water partition coefficient (Wildman–Crippen LogP) is 3.86. The molecule has 2 aromatic rings. The average molecular weight is 649 g/mol. The van der Waals surface area contributed by atoms with Gasteiger partial charge >= 0.3 is 18.0 Å². The lowest BCUT2D eigenvalue weighted by molar-refractivity contribution is -0.890. The third kappa shape index (κ3) is 7.12. The Bertz CT molecular complexity index is 1450. The van der Waals surface area contributed by atoms with Gasteiger partial charge < -0.3 is 35.4 Å². The molecule has 4 aliphatic heterocycles. The van der Waals surface area contributed by atoms with Crippen LogP contribution in [0.1, 0.15) is 60.8 Å². The van der Waals surface area contributed by atoms with Crippen LogP contribution in [0.4, 0.5) is 15.3 Å². The van der Waals surface area contributed by atoms with E-state index in [1.54, 1.807) is 4.90 Å². The maximum absolute atomic E-state index is 14.8. The monoisotopic (exact) mass is 648 g/mol. The van der Waals surface area contributed by atoms with E-state index < -0.39 is 18.3 Å². The molecule has 0 aliphatic carbocycles. The first kappa shape index (κ1) is 33.2. The molecular formula is C36H50N5O6+. The molecular weight excluding hydrogens is 598 g/mol. The third-order valence-corrected chi connectivity index (χ3v) is 10.9. The average Bonchev–Trinajstić information content (AvgIpc) is 3.25. The van der Waals surface area contributed by atoms with Crippen LogP contribution < -0.4 is 10.6 Å². The van der Waals surface area contributed by atoms with Gasteiger partial charge in [-0.1, -0.05) is 30.3 Å². The summed E-state index contributed by atoms with van der Waals surface area (Å²) in [6.07, 6.45) is 3.08. The summed E-state index contributed by atoms with van der Waals surface area (Å²) < 4.78 is 6.33. The highest BCUT2D eigenvalue weighted by molar-refractivity contribution is 5.91. The Morgan fingerprint density at radius 3 is 2.43 bits per heavy atom. The molecule has 11 nitrogen and oxygen atoms in total. The quantitative estimate of drug-likeness (QED) is 0.350. The molecule has 3 saturated heterocycles. The fourth-order valence-electron chi connectivity index (χ4n) is 8.32. The lowest BCUT2D eigenvalue weighted by Crippen LogP contribution is -2.69. The lowest BCUT2D eigenvalue weighted by atomic mass is 9.92. The van der Waals surface area contributed by atoms with Gasteiger partial charge in [0.1, 0.15) is 18.4 Å². The smallest absolute Gasteiger partial charge is 0.410 e. The van der Waals surface area contributed by atoms with Crippen LogP contribution >= 0.6 is 0 Å². The number of carbonyl (C=O) groups excluding carboxylic acids is 3. The van der Waals surface area contributed by atoms with Crippen molar-refractivity contribution < 1.29 is 33.8 Å². The van der Waals surface area contributed by atoms with Gasteiger partial charge in [0.25, 0.3) is 0 Å². The minimum atomic E-state index is -1.04. The third-order valence-electron chi connectivity index (χ3n) is 10.9. The van der Waals surface area contributed by atoms with E-state index in [0.717, 1.165) is 55.6 Å². The summed E-state index contributed by atoms with van der Waals surface area (Å²) in [4.78, 5) is 45.3. The number of aromatic hydroxyl groups is 1. The van der Waals surface area contributed by atoms with E-state index in [4.69, 9.17) is 4.74 Å². The number of phenolic OH excluding ortho intramolecular Hbond substituents is 1. The summed E-state index contributed by atoms with van der Waals surface area (Å²) in [5.74, 6) is 0.0684. The first-order valence-corrected chi connectivity index (χ1v) is 17.3. The standard InChI is InChI=1S/C36H49N5O6/c1-24-20-26(21-25(2)33(24)43)22-32(34(44)41(19-5-7-30(42)23-41)29-9-14-37-15-10-29)47-36(46)39-16-12-28(13-17-39)40-18-11-27-6-3-4-8-31(27)38-35(40)45/h3-4,6,8,20-21,28-30,32,37,42H,5,7,9-19,22-23H2,1-2H3,(H-,38,43,45)/p+1/t30-,32?,41-/m1/s1. The van der Waals surface area contributed by atoms with Crippen molar-refractivity contribution in [3.8, 4) is 5.75 Å². The van der Waals surface area contributed by atoms with Crippen molar-refractivity contribution in [1.29, 1.82) is 0 Å². The Balaban J connectivity index is 1.18. The van der Waals surface area contributed by atoms with Crippen LogP contribution in [-0.4, -0.2) is 113 Å². The number of likely N-dealkylation sites (tertiary alicyclic amines) is 2. The van der Waals surface area contributed by atoms with E-state index in [2.05, 4.69) is 10.6 Å². The van der Waals surface area contributed by atoms with Gasteiger partial charge in [-0.3, -0.25) is 4.48 Å². The number of phenols is 1. The van der Waals surface area contributed by atoms with E-state index in [0.29, 0.717) is 63.1 Å². The van der Waals surface area contributed by atoms with Crippen LogP contribution in [0.15, 0.2) is 36.4 Å². The second kappa shape index (κ2) is 14.2. The molecule has 4 N–H and O–H groups in total. The summed E-state index contributed by atoms with van der Waals surface area (Å²) in [5, 5.41) is 27.7. The van der Waals surface area contributed by atoms with E-state index in [9.17, 15) is 24.6 Å². The van der Waals surface area contributed by atoms with Gasteiger partial charge in [-0.25, -0.2) is 14.4 Å². The summed E-state index contributed by atoms with van der Waals surface area (Å²) in [6, 6.07) is 11.5. The second-order valence-electron chi connectivity index (χ2n) is 14.0. The number of anilines is 1. The van der Waals surface area contributed by atoms with Crippen LogP contribution in [0.5, 0.6) is 5.75 Å². The van der Waals surface area contributed by atoms with Crippen LogP contribution in [-0.2, 0) is 22.4 Å². The zero-order chi connectivity index (χ0) is 33.1. The van der Waals surface area contributed by atoms with Gasteiger partial charge in [0, 0.05) is 63.7 Å². The summed E-state index contributed by atoms with van der Waals surface area (Å²) in [7, 11) is 0. The first-order chi connectivity index (χ1) is 22.6. The largest absolute Gasteiger partial charge is 0.507 e. The Morgan fingerprint density at radius 1 is 1.02 bits per heavy atom. The van der Waals surface area contributed by atoms with Crippen LogP contribution in [0.2, 0.25) is 0 Å². The molecule has 1 unspecified atom stereocenters. The Hall–Kier alpha value is -3.67. The van der Waals surface area contributed by atoms with Gasteiger partial charge in [0.05, 0.1) is 12.6 Å². The van der Waals surface area contributed by atoms with Gasteiger partial charge in [-0.2, -0.15) is 0 Å². The molecule has 2 aromatic carbocycles. The number of carbonyl (C=O) groups is 3. The van der Waals surface area contributed by atoms with Crippen molar-refractivity contribution in [3.05, 3.63) is 58.7 Å². The number of benzene rings is 2. The number of piperidine rings is 3. The fraction of sp³-hybridized carbons (Fsp3) is 0.583. The number of nitrogens with zero attached hydrogens (tertiary/aromatic N) is 3. The molecule has 47 heavy (non-hydrogen) atoms. The molecule has 3 fully saturated rings. The number of hydrogen-bond donors (Lipinski definition) is 4. The first-order valence-electron chi connectivity index (χ1n) is 17.3. The molecule has 254 valence electrons. The number of amides is 4. The SMILES string of the molecule is Cc1cc(CC(OC(=O)N2CCC(N3CCc4ccccc4NC3=O)CC2)C(=O)[N@+]2(C3CCNCC3)CCC[C@@H](O)C2)cc(C)c1O. The number of para-hydroxylation sites is 1. The van der Waals surface area contributed by atoms with Crippen molar-refractivity contribution in [3.63, 3.8) is 0 Å². The minimum Gasteiger partial charge on any atom is -0.507 e. The number of ether oxygens (including phenoxy) is 1. The highest BCUT2D eigenvalue weighted by Gasteiger charge is 2.51. The van der Waals surface area contributed by atoms with Gasteiger partial charge in [0.15, 0.2) is 0 Å². The minimum absolute atomic E-state index is 0.00249. The van der Waals surface area contributed by atoms with E-state index >= 15 is 0 Å². The Morgan fingerprint density at radius 2 is 1.72 bits per heavy atom. The number of nitrogens with one attached hydrogen (secondary N) is 2. The number of aliphatic hydroxyl groups is 1. The molecule has 0 aromatic heterocycles. The van der Waals surface area contributed by atoms with Crippen molar-refractivity contribution in [2.24, 2.45) is 0 Å². The highest BCUT2D eigenvalue weighted by atomic mass is 16.6. The number of aliphatic hydroxyl groups excluding tert-OH is 1. The molecule has 3 atom stereocenters. The van der Waals surface area contributed by atoms with Crippen molar-refractivity contribution in [2.45, 2.75) is 89.5 Å². The Labute approximate surface area is 277 Å². The number of aryl methyl sites for hydroxylation is 2. The van der Waals surface area contributed by atoms with Crippen molar-refractivity contribution in [2.75, 3.05) is 51.1 Å². The molecule has 0 spiro atoms. The van der Waals surface area contributed by atoms with Crippen molar-refractivity contribution in [1.82, 2.24) is 15.1 Å². The fourth-order valence-corrected chi connectivity index (χ4v) is 8.32. The zero-order valence-corrected chi connectivity index (χ0v) is 27.7. The summed E-state index contributed by atoms with van der Waals surface area (Å²) in [5.41, 5.74) is 4.19. The highest BCUT2D eigenvalue weighted by Crippen LogP contribution is 2.32. The normalized spacial score (nSPS) is 25.0. The molecule has 11 heteroatoms. The van der Waals surface area contributed by atoms with Crippen LogP contribution in [0, 0.1) is 13.8 Å². The summed E-state index contributed by atoms with van der Waals surface area (Å²) >= 11 is 0. The van der Waals surface area contributed by atoms with Crippen molar-refractivity contribution >= 4 is 23.7 Å². The maximum atomic E-state index is 14.8. The second-order valence-corrected chi connectivity index (χ2v) is 14.0. The molecule has 0 bridgehead atoms. The topological polar surface area (TPSA) is 131 Å². The van der Waals surface area contributed by atoms with Gasteiger partial charge in [-0.15, -0.1) is 0 Å². The van der Waals surface area contributed by atoms with Gasteiger partial charge in [0.2, 0.25) is 6.10 Å². The Kier molecular flexibility index (Phi) is 10.1. The molecule has 0 saturated carbocycles. The van der Waals surface area contributed by atoms with Gasteiger partial charge in [-0.05, 0) is 74.3 Å². The maximum Gasteiger partial charge on any atom is 0.410 e.